The molecule has 1 aromatic carbocycles. The summed E-state index contributed by atoms with van der Waals surface area (Å²) in [5, 5.41) is 9.20. The Labute approximate surface area is 132 Å². The van der Waals surface area contributed by atoms with Gasteiger partial charge < -0.3 is 10.3 Å². The summed E-state index contributed by atoms with van der Waals surface area (Å²) in [6, 6.07) is 5.84. The van der Waals surface area contributed by atoms with Crippen molar-refractivity contribution in [1.29, 1.82) is 0 Å². The van der Waals surface area contributed by atoms with E-state index in [0.717, 1.165) is 5.56 Å². The summed E-state index contributed by atoms with van der Waals surface area (Å²) in [4.78, 5) is 25.9. The number of amides is 1. The van der Waals surface area contributed by atoms with Gasteiger partial charge in [0.25, 0.3) is 11.5 Å². The van der Waals surface area contributed by atoms with Crippen LogP contribution in [0.3, 0.4) is 0 Å². The van der Waals surface area contributed by atoms with Crippen molar-refractivity contribution in [2.45, 2.75) is 13.1 Å². The molecule has 0 saturated carbocycles. The lowest BCUT2D eigenvalue weighted by molar-refractivity contribution is -0.137. The molecule has 0 aliphatic heterocycles. The van der Waals surface area contributed by atoms with Crippen LogP contribution in [-0.4, -0.2) is 21.1 Å². The van der Waals surface area contributed by atoms with Gasteiger partial charge in [-0.25, -0.2) is 0 Å². The van der Waals surface area contributed by atoms with Crippen molar-refractivity contribution in [2.75, 3.05) is 5.32 Å². The number of aromatic nitrogens is 3. The highest BCUT2D eigenvalue weighted by molar-refractivity contribution is 6.11. The van der Waals surface area contributed by atoms with Crippen molar-refractivity contribution in [3.8, 4) is 0 Å². The smallest absolute Gasteiger partial charge is 0.327 e. The summed E-state index contributed by atoms with van der Waals surface area (Å²) >= 11 is 0. The lowest BCUT2D eigenvalue weighted by atomic mass is 10.1. The van der Waals surface area contributed by atoms with E-state index in [0.29, 0.717) is 23.2 Å². The molecular weight excluding hydrogens is 325 g/mol. The second-order valence-corrected chi connectivity index (χ2v) is 5.20. The third-order valence-electron chi connectivity index (χ3n) is 3.41. The number of H-pyrrole nitrogens is 2. The number of rotatable bonds is 2. The number of carbonyl (C=O) groups excluding carboxylic acids is 1. The number of aromatic amines is 2. The normalized spacial score (nSPS) is 11.7. The van der Waals surface area contributed by atoms with Crippen LogP contribution < -0.4 is 10.9 Å². The molecule has 0 unspecified atom stereocenters. The number of fused-ring (bicyclic) bond motifs is 1. The fourth-order valence-corrected chi connectivity index (χ4v) is 2.22. The van der Waals surface area contributed by atoms with Gasteiger partial charge in [0.2, 0.25) is 0 Å². The number of alkyl halides is 3. The first-order chi connectivity index (χ1) is 11.3. The van der Waals surface area contributed by atoms with Gasteiger partial charge in [-0.05, 0) is 25.1 Å². The highest BCUT2D eigenvalue weighted by Crippen LogP contribution is 2.29. The minimum Gasteiger partial charge on any atom is -0.327 e. The van der Waals surface area contributed by atoms with E-state index in [1.165, 1.54) is 0 Å². The van der Waals surface area contributed by atoms with Crippen molar-refractivity contribution in [3.05, 3.63) is 57.6 Å². The SMILES string of the molecule is Cc1ccc2[nH]nc(C(=O)Nc3cc(C(F)(F)F)c[nH]c3=O)c2c1. The van der Waals surface area contributed by atoms with Crippen LogP contribution >= 0.6 is 0 Å². The summed E-state index contributed by atoms with van der Waals surface area (Å²) in [7, 11) is 0. The molecule has 3 rings (SSSR count). The van der Waals surface area contributed by atoms with E-state index in [-0.39, 0.29) is 5.69 Å². The first-order valence-electron chi connectivity index (χ1n) is 6.82. The van der Waals surface area contributed by atoms with E-state index in [1.807, 2.05) is 18.0 Å². The lowest BCUT2D eigenvalue weighted by Gasteiger charge is -2.08. The molecule has 3 aromatic rings. The maximum Gasteiger partial charge on any atom is 0.417 e. The number of nitrogens with one attached hydrogen (secondary N) is 3. The third-order valence-corrected chi connectivity index (χ3v) is 3.41. The number of benzene rings is 1. The van der Waals surface area contributed by atoms with Gasteiger partial charge >= 0.3 is 6.18 Å². The van der Waals surface area contributed by atoms with E-state index in [1.54, 1.807) is 12.1 Å². The van der Waals surface area contributed by atoms with E-state index < -0.39 is 28.9 Å². The second kappa shape index (κ2) is 5.52. The molecule has 1 amide bonds. The number of carbonyl (C=O) groups is 1. The van der Waals surface area contributed by atoms with E-state index in [2.05, 4.69) is 15.5 Å². The van der Waals surface area contributed by atoms with Gasteiger partial charge in [-0.2, -0.15) is 18.3 Å². The zero-order valence-corrected chi connectivity index (χ0v) is 12.3. The number of halogens is 3. The highest BCUT2D eigenvalue weighted by Gasteiger charge is 2.31. The lowest BCUT2D eigenvalue weighted by Crippen LogP contribution is -2.21. The Morgan fingerprint density at radius 2 is 2.00 bits per heavy atom. The second-order valence-electron chi connectivity index (χ2n) is 5.20. The molecule has 0 spiro atoms. The third kappa shape index (κ3) is 2.87. The quantitative estimate of drug-likeness (QED) is 0.672. The van der Waals surface area contributed by atoms with E-state index >= 15 is 0 Å². The van der Waals surface area contributed by atoms with Gasteiger partial charge in [0.05, 0.1) is 11.1 Å². The Kier molecular flexibility index (Phi) is 3.63. The monoisotopic (exact) mass is 336 g/mol. The molecule has 124 valence electrons. The maximum atomic E-state index is 12.7. The topological polar surface area (TPSA) is 90.6 Å². The minimum atomic E-state index is -4.64. The molecule has 0 radical (unpaired) electrons. The van der Waals surface area contributed by atoms with Gasteiger partial charge in [-0.15, -0.1) is 0 Å². The number of hydrogen-bond acceptors (Lipinski definition) is 3. The van der Waals surface area contributed by atoms with Crippen molar-refractivity contribution in [2.24, 2.45) is 0 Å². The molecule has 24 heavy (non-hydrogen) atoms. The van der Waals surface area contributed by atoms with Crippen LogP contribution in [0, 0.1) is 6.92 Å². The van der Waals surface area contributed by atoms with Crippen LogP contribution in [0.15, 0.2) is 35.3 Å². The largest absolute Gasteiger partial charge is 0.417 e. The summed E-state index contributed by atoms with van der Waals surface area (Å²) < 4.78 is 38.1. The average molecular weight is 336 g/mol. The first-order valence-corrected chi connectivity index (χ1v) is 6.82. The number of nitrogens with zero attached hydrogens (tertiary/aromatic N) is 1. The van der Waals surface area contributed by atoms with Crippen molar-refractivity contribution < 1.29 is 18.0 Å². The predicted molar refractivity (Wildman–Crippen MR) is 80.8 cm³/mol. The van der Waals surface area contributed by atoms with Crippen LogP contribution in [0.4, 0.5) is 18.9 Å². The van der Waals surface area contributed by atoms with Crippen LogP contribution in [0.5, 0.6) is 0 Å². The van der Waals surface area contributed by atoms with Gasteiger partial charge in [-0.3, -0.25) is 14.7 Å². The van der Waals surface area contributed by atoms with E-state index in [9.17, 15) is 22.8 Å². The van der Waals surface area contributed by atoms with Gasteiger partial charge in [0, 0.05) is 11.6 Å². The van der Waals surface area contributed by atoms with Gasteiger partial charge in [-0.1, -0.05) is 11.6 Å². The first kappa shape index (κ1) is 15.8. The summed E-state index contributed by atoms with van der Waals surface area (Å²) in [5.74, 6) is -0.781. The molecular formula is C15H11F3N4O2. The summed E-state index contributed by atoms with van der Waals surface area (Å²) in [6.45, 7) is 1.83. The maximum absolute atomic E-state index is 12.7. The fourth-order valence-electron chi connectivity index (χ4n) is 2.22. The fraction of sp³-hybridized carbons (Fsp3) is 0.133. The highest BCUT2D eigenvalue weighted by atomic mass is 19.4. The minimum absolute atomic E-state index is 0.00879. The van der Waals surface area contributed by atoms with Crippen molar-refractivity contribution >= 4 is 22.5 Å². The van der Waals surface area contributed by atoms with Crippen molar-refractivity contribution in [3.63, 3.8) is 0 Å². The Bertz CT molecular complexity index is 988. The Morgan fingerprint density at radius 1 is 1.25 bits per heavy atom. The molecule has 2 aromatic heterocycles. The number of anilines is 1. The molecule has 0 atom stereocenters. The Morgan fingerprint density at radius 3 is 2.71 bits per heavy atom. The summed E-state index contributed by atoms with van der Waals surface area (Å²) in [6.07, 6.45) is -4.09. The molecule has 0 aliphatic carbocycles. The standard InChI is InChI=1S/C15H11F3N4O2/c1-7-2-3-10-9(4-7)12(22-21-10)14(24)20-11-5-8(15(16,17)18)6-19-13(11)23/h2-6H,1H3,(H,19,23)(H,20,24)(H,21,22). The zero-order valence-electron chi connectivity index (χ0n) is 12.3. The van der Waals surface area contributed by atoms with Gasteiger partial charge in [0.1, 0.15) is 5.69 Å². The van der Waals surface area contributed by atoms with Crippen molar-refractivity contribution in [1.82, 2.24) is 15.2 Å². The number of aryl methyl sites for hydroxylation is 1. The number of pyridine rings is 1. The molecule has 0 bridgehead atoms. The zero-order chi connectivity index (χ0) is 17.5. The van der Waals surface area contributed by atoms with Crippen LogP contribution in [0.2, 0.25) is 0 Å². The van der Waals surface area contributed by atoms with Crippen LogP contribution in [0.1, 0.15) is 21.6 Å². The molecule has 9 heteroatoms. The molecule has 0 saturated heterocycles. The molecule has 0 fully saturated rings. The van der Waals surface area contributed by atoms with Crippen LogP contribution in [0.25, 0.3) is 10.9 Å². The molecule has 3 N–H and O–H groups in total. The molecule has 6 nitrogen and oxygen atoms in total. The number of hydrogen-bond donors (Lipinski definition) is 3. The summed E-state index contributed by atoms with van der Waals surface area (Å²) in [5.41, 5.74) is -0.935. The Hall–Kier alpha value is -3.10. The average Bonchev–Trinajstić information content (AvgIpc) is 2.91. The molecule has 0 aliphatic rings. The van der Waals surface area contributed by atoms with E-state index in [4.69, 9.17) is 0 Å². The van der Waals surface area contributed by atoms with Gasteiger partial charge in [0.15, 0.2) is 5.69 Å². The van der Waals surface area contributed by atoms with Crippen LogP contribution in [-0.2, 0) is 6.18 Å². The molecule has 2 heterocycles. The predicted octanol–water partition coefficient (Wildman–Crippen LogP) is 2.83. The Balaban J connectivity index is 1.97.